The SMILES string of the molecule is Cc1ccc(C)cc1.c1ccc2c([C@@]34CCC[C@@H]3C3(CCCC3)c3c4[nH]c4ccccc34)c[nH]c2c1.c1ccc2c([C@]34CCC[C@H]3C3(CCCC3)c3c4[nH]c4ccccc34)c[nH]c2c1. The number of para-hydroxylation sites is 4. The van der Waals surface area contributed by atoms with Gasteiger partial charge in [0.2, 0.25) is 0 Å². The molecule has 0 bridgehead atoms. The second-order valence-corrected chi connectivity index (χ2v) is 21.1. The van der Waals surface area contributed by atoms with Crippen LogP contribution in [-0.4, -0.2) is 19.9 Å². The molecule has 9 aromatic rings. The minimum atomic E-state index is 0.151. The van der Waals surface area contributed by atoms with Gasteiger partial charge < -0.3 is 19.9 Å². The number of rotatable bonds is 2. The number of aromatic nitrogens is 4. The van der Waals surface area contributed by atoms with Crippen molar-refractivity contribution >= 4 is 43.6 Å². The van der Waals surface area contributed by atoms with Gasteiger partial charge in [-0.2, -0.15) is 0 Å². The van der Waals surface area contributed by atoms with E-state index >= 15 is 0 Å². The summed E-state index contributed by atoms with van der Waals surface area (Å²) in [4.78, 5) is 15.2. The van der Waals surface area contributed by atoms with Crippen molar-refractivity contribution in [1.29, 1.82) is 0 Å². The summed E-state index contributed by atoms with van der Waals surface area (Å²) in [5, 5.41) is 5.84. The summed E-state index contributed by atoms with van der Waals surface area (Å²) in [6.07, 6.45) is 23.7. The molecule has 2 spiro atoms. The molecule has 4 nitrogen and oxygen atoms in total. The van der Waals surface area contributed by atoms with E-state index in [-0.39, 0.29) is 10.8 Å². The van der Waals surface area contributed by atoms with E-state index in [0.717, 1.165) is 11.8 Å². The molecule has 4 aromatic heterocycles. The number of hydrogen-bond acceptors (Lipinski definition) is 0. The molecule has 6 aliphatic carbocycles. The molecule has 6 aliphatic rings. The first-order valence-corrected chi connectivity index (χ1v) is 24.9. The van der Waals surface area contributed by atoms with E-state index in [9.17, 15) is 0 Å². The van der Waals surface area contributed by atoms with Crippen LogP contribution in [0.4, 0.5) is 0 Å². The van der Waals surface area contributed by atoms with Crippen molar-refractivity contribution in [1.82, 2.24) is 19.9 Å². The van der Waals surface area contributed by atoms with Crippen LogP contribution in [0.25, 0.3) is 43.6 Å². The second kappa shape index (κ2) is 14.4. The molecular formula is C60H62N4. The third kappa shape index (κ3) is 5.17. The van der Waals surface area contributed by atoms with Crippen LogP contribution in [0, 0.1) is 25.7 Å². The Hall–Kier alpha value is -5.74. The Labute approximate surface area is 377 Å². The number of hydrogen-bond donors (Lipinski definition) is 4. The lowest BCUT2D eigenvalue weighted by Crippen LogP contribution is -2.37. The molecule has 15 rings (SSSR count). The highest BCUT2D eigenvalue weighted by Gasteiger charge is 2.66. The molecule has 322 valence electrons. The first-order valence-electron chi connectivity index (χ1n) is 24.9. The lowest BCUT2D eigenvalue weighted by Gasteiger charge is -2.38. The lowest BCUT2D eigenvalue weighted by atomic mass is 9.64. The normalized spacial score (nSPS) is 25.5. The highest BCUT2D eigenvalue weighted by atomic mass is 14.9. The number of fused-ring (bicyclic) bond motifs is 16. The van der Waals surface area contributed by atoms with E-state index in [1.165, 1.54) is 145 Å². The van der Waals surface area contributed by atoms with Gasteiger partial charge in [0.15, 0.2) is 0 Å². The maximum atomic E-state index is 3.98. The van der Waals surface area contributed by atoms with Gasteiger partial charge in [-0.15, -0.1) is 0 Å². The molecule has 64 heavy (non-hydrogen) atoms. The van der Waals surface area contributed by atoms with Crippen LogP contribution in [0.3, 0.4) is 0 Å². The number of H-pyrrole nitrogens is 4. The number of benzene rings is 5. The molecule has 4 saturated carbocycles. The standard InChI is InChI=1S/2C26H26N2.C8H10/c2*1-3-10-20-17(8-1)19(16-27-20)26-15-7-12-22(26)25(13-5-6-14-25)23-18-9-2-4-11-21(18)28-24(23)26;1-7-3-5-8(2)6-4-7/h2*1-4,8-11,16,22,27-28H,5-7,12-15H2;3-6H,1-2H3/t2*22-,26+;/m10./s1. The summed E-state index contributed by atoms with van der Waals surface area (Å²) in [5.74, 6) is 1.49. The van der Waals surface area contributed by atoms with Crippen LogP contribution in [0.15, 0.2) is 134 Å². The number of aromatic amines is 4. The summed E-state index contributed by atoms with van der Waals surface area (Å²) >= 11 is 0. The zero-order chi connectivity index (χ0) is 42.7. The largest absolute Gasteiger partial charge is 0.361 e. The van der Waals surface area contributed by atoms with Crippen LogP contribution in [0.1, 0.15) is 135 Å². The fraction of sp³-hybridized carbons (Fsp3) is 0.367. The van der Waals surface area contributed by atoms with Crippen LogP contribution in [-0.2, 0) is 21.7 Å². The minimum absolute atomic E-state index is 0.151. The van der Waals surface area contributed by atoms with Crippen molar-refractivity contribution in [3.63, 3.8) is 0 Å². The summed E-state index contributed by atoms with van der Waals surface area (Å²) < 4.78 is 0. The predicted molar refractivity (Wildman–Crippen MR) is 266 cm³/mol. The maximum absolute atomic E-state index is 3.98. The quantitative estimate of drug-likeness (QED) is 0.134. The van der Waals surface area contributed by atoms with Gasteiger partial charge in [0.1, 0.15) is 0 Å². The second-order valence-electron chi connectivity index (χ2n) is 21.1. The number of aryl methyl sites for hydroxylation is 2. The lowest BCUT2D eigenvalue weighted by molar-refractivity contribution is 0.244. The van der Waals surface area contributed by atoms with E-state index in [1.54, 1.807) is 33.6 Å². The van der Waals surface area contributed by atoms with Crippen molar-refractivity contribution < 1.29 is 0 Å². The molecule has 5 aromatic carbocycles. The summed E-state index contributed by atoms with van der Waals surface area (Å²) in [6.45, 7) is 4.19. The molecule has 0 unspecified atom stereocenters. The Morgan fingerprint density at radius 1 is 0.391 bits per heavy atom. The molecule has 4 heterocycles. The van der Waals surface area contributed by atoms with Gasteiger partial charge >= 0.3 is 0 Å². The van der Waals surface area contributed by atoms with Gasteiger partial charge in [-0.3, -0.25) is 0 Å². The minimum Gasteiger partial charge on any atom is -0.361 e. The van der Waals surface area contributed by atoms with Gasteiger partial charge in [0, 0.05) is 89.1 Å². The van der Waals surface area contributed by atoms with E-state index in [1.807, 2.05) is 0 Å². The average Bonchev–Trinajstić information content (AvgIpc) is 4.17. The van der Waals surface area contributed by atoms with Crippen molar-refractivity contribution in [2.45, 2.75) is 125 Å². The topological polar surface area (TPSA) is 63.2 Å². The summed E-state index contributed by atoms with van der Waals surface area (Å²) in [5.41, 5.74) is 18.5. The number of nitrogens with one attached hydrogen (secondary N) is 4. The molecule has 4 N–H and O–H groups in total. The van der Waals surface area contributed by atoms with Crippen molar-refractivity contribution in [2.75, 3.05) is 0 Å². The molecule has 0 amide bonds. The molecule has 0 saturated heterocycles. The Morgan fingerprint density at radius 2 is 0.750 bits per heavy atom. The molecule has 4 fully saturated rings. The maximum Gasteiger partial charge on any atom is 0.0459 e. The van der Waals surface area contributed by atoms with Gasteiger partial charge in [-0.05, 0) is 124 Å². The van der Waals surface area contributed by atoms with Gasteiger partial charge in [-0.25, -0.2) is 0 Å². The first kappa shape index (κ1) is 38.7. The smallest absolute Gasteiger partial charge is 0.0459 e. The van der Waals surface area contributed by atoms with Crippen LogP contribution in [0.2, 0.25) is 0 Å². The zero-order valence-electron chi connectivity index (χ0n) is 37.8. The Bertz CT molecular complexity index is 2980. The van der Waals surface area contributed by atoms with E-state index < -0.39 is 0 Å². The van der Waals surface area contributed by atoms with Gasteiger partial charge in [0.05, 0.1) is 0 Å². The van der Waals surface area contributed by atoms with Gasteiger partial charge in [-0.1, -0.05) is 147 Å². The van der Waals surface area contributed by atoms with Crippen molar-refractivity contribution in [3.8, 4) is 0 Å². The van der Waals surface area contributed by atoms with Crippen molar-refractivity contribution in [3.05, 3.63) is 178 Å². The highest BCUT2D eigenvalue weighted by Crippen LogP contribution is 2.71. The Kier molecular flexibility index (Phi) is 8.70. The van der Waals surface area contributed by atoms with E-state index in [4.69, 9.17) is 0 Å². The molecule has 0 aliphatic heterocycles. The van der Waals surface area contributed by atoms with Crippen LogP contribution >= 0.6 is 0 Å². The van der Waals surface area contributed by atoms with Gasteiger partial charge in [0.25, 0.3) is 0 Å². The molecule has 4 atom stereocenters. The fourth-order valence-electron chi connectivity index (χ4n) is 16.1. The zero-order valence-corrected chi connectivity index (χ0v) is 37.8. The Balaban J connectivity index is 0.000000110. The molecular weight excluding hydrogens is 777 g/mol. The summed E-state index contributed by atoms with van der Waals surface area (Å²) in [6, 6.07) is 44.4. The molecule has 0 radical (unpaired) electrons. The van der Waals surface area contributed by atoms with E-state index in [2.05, 4.69) is 168 Å². The third-order valence-corrected chi connectivity index (χ3v) is 18.3. The fourth-order valence-corrected chi connectivity index (χ4v) is 16.1. The van der Waals surface area contributed by atoms with Crippen LogP contribution < -0.4 is 0 Å². The third-order valence-electron chi connectivity index (χ3n) is 18.3. The predicted octanol–water partition coefficient (Wildman–Crippen LogP) is 15.4. The highest BCUT2D eigenvalue weighted by molar-refractivity contribution is 5.93. The average molecular weight is 839 g/mol. The van der Waals surface area contributed by atoms with Crippen molar-refractivity contribution in [2.24, 2.45) is 11.8 Å². The first-order chi connectivity index (χ1) is 31.5. The summed E-state index contributed by atoms with van der Waals surface area (Å²) in [7, 11) is 0. The van der Waals surface area contributed by atoms with E-state index in [0.29, 0.717) is 10.8 Å². The van der Waals surface area contributed by atoms with Crippen LogP contribution in [0.5, 0.6) is 0 Å². The monoisotopic (exact) mass is 838 g/mol. The molecule has 4 heteroatoms. The Morgan fingerprint density at radius 3 is 1.16 bits per heavy atom.